The lowest BCUT2D eigenvalue weighted by atomic mass is 10.1. The van der Waals surface area contributed by atoms with E-state index < -0.39 is 18.1 Å². The molecular weight excluding hydrogens is 679 g/mol. The number of rotatable bonds is 36. The van der Waals surface area contributed by atoms with Gasteiger partial charge in [-0.3, -0.25) is 9.59 Å². The van der Waals surface area contributed by atoms with Crippen molar-refractivity contribution >= 4 is 17.9 Å². The normalized spacial score (nSPS) is 13.7. The Morgan fingerprint density at radius 2 is 1.04 bits per heavy atom. The molecule has 0 rings (SSSR count). The summed E-state index contributed by atoms with van der Waals surface area (Å²) in [5.41, 5.74) is 0. The summed E-state index contributed by atoms with van der Waals surface area (Å²) in [5.74, 6) is -1.79. The summed E-state index contributed by atoms with van der Waals surface area (Å²) < 4.78 is 17.1. The molecule has 0 aliphatic heterocycles. The number of hydrogen-bond acceptors (Lipinski definition) is 7. The summed E-state index contributed by atoms with van der Waals surface area (Å²) in [5, 5.41) is 11.6. The summed E-state index contributed by atoms with van der Waals surface area (Å²) in [4.78, 5) is 36.8. The monoisotopic (exact) mass is 756 g/mol. The zero-order valence-electron chi connectivity index (χ0n) is 34.9. The molecule has 0 amide bonds. The van der Waals surface area contributed by atoms with Crippen LogP contribution in [0.2, 0.25) is 0 Å². The summed E-state index contributed by atoms with van der Waals surface area (Å²) in [6, 6.07) is -0.735. The van der Waals surface area contributed by atoms with Crippen molar-refractivity contribution in [2.24, 2.45) is 0 Å². The van der Waals surface area contributed by atoms with Crippen LogP contribution < -0.4 is 5.11 Å². The molecule has 0 aliphatic carbocycles. The fraction of sp³-hybridized carbons (Fsp3) is 0.674. The van der Waals surface area contributed by atoms with E-state index in [0.717, 1.165) is 83.5 Å². The summed E-state index contributed by atoms with van der Waals surface area (Å²) >= 11 is 0. The number of hydrogen-bond donors (Lipinski definition) is 0. The van der Waals surface area contributed by atoms with E-state index in [9.17, 15) is 19.5 Å². The van der Waals surface area contributed by atoms with Crippen LogP contribution in [-0.2, 0) is 28.6 Å². The molecule has 308 valence electrons. The van der Waals surface area contributed by atoms with E-state index in [2.05, 4.69) is 56.4 Å². The number of esters is 2. The second-order valence-electron chi connectivity index (χ2n) is 15.0. The molecule has 0 N–H and O–H groups in total. The first-order chi connectivity index (χ1) is 26.1. The molecule has 2 unspecified atom stereocenters. The molecule has 0 spiro atoms. The number of likely N-dealkylation sites (N-methyl/N-ethyl adjacent to an activating group) is 1. The number of carboxylic acid groups (broad SMARTS) is 1. The lowest BCUT2D eigenvalue weighted by Crippen LogP contribution is -2.55. The molecule has 54 heavy (non-hydrogen) atoms. The Kier molecular flexibility index (Phi) is 34.5. The molecule has 0 fully saturated rings. The number of carboxylic acids is 1. The van der Waals surface area contributed by atoms with Crippen molar-refractivity contribution in [1.29, 1.82) is 0 Å². The van der Waals surface area contributed by atoms with Crippen LogP contribution in [0.1, 0.15) is 149 Å². The van der Waals surface area contributed by atoms with Crippen LogP contribution in [0.4, 0.5) is 0 Å². The highest BCUT2D eigenvalue weighted by Gasteiger charge is 2.25. The van der Waals surface area contributed by atoms with Crippen molar-refractivity contribution in [3.63, 3.8) is 0 Å². The largest absolute Gasteiger partial charge is 0.544 e. The highest BCUT2D eigenvalue weighted by molar-refractivity contribution is 5.70. The van der Waals surface area contributed by atoms with E-state index in [1.807, 2.05) is 30.4 Å². The van der Waals surface area contributed by atoms with Gasteiger partial charge in [-0.05, 0) is 57.8 Å². The third-order valence-electron chi connectivity index (χ3n) is 8.95. The predicted octanol–water partition coefficient (Wildman–Crippen LogP) is 9.85. The van der Waals surface area contributed by atoms with E-state index in [4.69, 9.17) is 14.2 Å². The van der Waals surface area contributed by atoms with Gasteiger partial charge >= 0.3 is 11.9 Å². The topological polar surface area (TPSA) is 102 Å². The highest BCUT2D eigenvalue weighted by atomic mass is 16.6. The summed E-state index contributed by atoms with van der Waals surface area (Å²) in [7, 11) is 5.38. The van der Waals surface area contributed by atoms with E-state index in [1.165, 1.54) is 32.1 Å². The Bertz CT molecular complexity index is 1110. The van der Waals surface area contributed by atoms with E-state index >= 15 is 0 Å². The average Bonchev–Trinajstić information content (AvgIpc) is 3.12. The maximum absolute atomic E-state index is 12.7. The van der Waals surface area contributed by atoms with E-state index in [0.29, 0.717) is 6.42 Å². The van der Waals surface area contributed by atoms with Gasteiger partial charge in [0.15, 0.2) is 6.10 Å². The van der Waals surface area contributed by atoms with Gasteiger partial charge in [0.25, 0.3) is 0 Å². The van der Waals surface area contributed by atoms with Crippen molar-refractivity contribution in [2.45, 2.75) is 161 Å². The van der Waals surface area contributed by atoms with Crippen LogP contribution in [0, 0.1) is 0 Å². The maximum Gasteiger partial charge on any atom is 0.306 e. The van der Waals surface area contributed by atoms with Gasteiger partial charge in [0, 0.05) is 19.3 Å². The fourth-order valence-electron chi connectivity index (χ4n) is 5.66. The lowest BCUT2D eigenvalue weighted by Gasteiger charge is -2.34. The molecule has 8 nitrogen and oxygen atoms in total. The van der Waals surface area contributed by atoms with E-state index in [-0.39, 0.29) is 49.1 Å². The second kappa shape index (κ2) is 36.7. The first-order valence-electron chi connectivity index (χ1n) is 21.0. The predicted molar refractivity (Wildman–Crippen MR) is 222 cm³/mol. The van der Waals surface area contributed by atoms with Crippen molar-refractivity contribution in [3.8, 4) is 0 Å². The van der Waals surface area contributed by atoms with Gasteiger partial charge < -0.3 is 28.6 Å². The number of allylic oxidation sites excluding steroid dienone is 12. The van der Waals surface area contributed by atoms with E-state index in [1.54, 1.807) is 21.1 Å². The minimum absolute atomic E-state index is 0.0231. The highest BCUT2D eigenvalue weighted by Crippen LogP contribution is 2.13. The number of ether oxygens (including phenoxy) is 3. The Morgan fingerprint density at radius 3 is 1.56 bits per heavy atom. The van der Waals surface area contributed by atoms with Crippen molar-refractivity contribution in [1.82, 2.24) is 0 Å². The van der Waals surface area contributed by atoms with Crippen LogP contribution in [0.15, 0.2) is 72.9 Å². The number of aliphatic carboxylic acids is 1. The minimum Gasteiger partial charge on any atom is -0.544 e. The smallest absolute Gasteiger partial charge is 0.306 e. The molecule has 0 aromatic rings. The van der Waals surface area contributed by atoms with Crippen molar-refractivity contribution in [3.05, 3.63) is 72.9 Å². The number of nitrogens with zero attached hydrogens (tertiary/aromatic N) is 1. The van der Waals surface area contributed by atoms with Crippen molar-refractivity contribution in [2.75, 3.05) is 41.0 Å². The Morgan fingerprint density at radius 1 is 0.574 bits per heavy atom. The molecule has 8 heteroatoms. The fourth-order valence-corrected chi connectivity index (χ4v) is 5.66. The SMILES string of the molecule is CC/C=C/C=C/C=C/C=C/CCCCCCCC(=O)OC(COCCC(C(=O)[O-])[N+](C)(C)C)COC(=O)CCCCCCCC/C=C/C=C/CCCCC. The first-order valence-corrected chi connectivity index (χ1v) is 21.0. The molecule has 0 aromatic carbocycles. The molecule has 0 radical (unpaired) electrons. The third kappa shape index (κ3) is 34.5. The van der Waals surface area contributed by atoms with Crippen molar-refractivity contribution < 1.29 is 38.2 Å². The first kappa shape index (κ1) is 50.8. The van der Waals surface area contributed by atoms with Crippen LogP contribution in [0.25, 0.3) is 0 Å². The zero-order chi connectivity index (χ0) is 40.0. The van der Waals surface area contributed by atoms with Gasteiger partial charge in [0.1, 0.15) is 12.6 Å². The standard InChI is InChI=1S/C46H77NO7/c1-6-8-10-12-14-16-18-20-22-24-26-28-30-32-34-36-44(48)53-41-42(40-52-39-38-43(46(50)51)47(3,4)5)54-45(49)37-35-33-31-29-27-25-23-21-19-17-15-13-11-9-7-2/h9,11,13-21,23,42-43H,6-8,10,12,22,24-41H2,1-5H3/b11-9+,15-13+,16-14+,19-17+,20-18+,23-21+. The zero-order valence-corrected chi connectivity index (χ0v) is 34.9. The number of carbonyl (C=O) groups is 3. The molecule has 0 aliphatic rings. The van der Waals surface area contributed by atoms with Crippen LogP contribution in [0.5, 0.6) is 0 Å². The number of unbranched alkanes of at least 4 members (excludes halogenated alkanes) is 14. The van der Waals surface area contributed by atoms with Gasteiger partial charge in [-0.2, -0.15) is 0 Å². The quantitative estimate of drug-likeness (QED) is 0.0272. The lowest BCUT2D eigenvalue weighted by molar-refractivity contribution is -0.889. The Labute approximate surface area is 330 Å². The second-order valence-corrected chi connectivity index (χ2v) is 15.0. The summed E-state index contributed by atoms with van der Waals surface area (Å²) in [6.07, 6.45) is 44.9. The van der Waals surface area contributed by atoms with Gasteiger partial charge in [0.05, 0.1) is 40.3 Å². The van der Waals surface area contributed by atoms with Crippen LogP contribution in [0.3, 0.4) is 0 Å². The van der Waals surface area contributed by atoms with Crippen LogP contribution in [-0.4, -0.2) is 75.5 Å². The third-order valence-corrected chi connectivity index (χ3v) is 8.95. The number of carbonyl (C=O) groups excluding carboxylic acids is 3. The minimum atomic E-state index is -1.13. The molecule has 0 bridgehead atoms. The molecule has 2 atom stereocenters. The van der Waals surface area contributed by atoms with Crippen LogP contribution >= 0.6 is 0 Å². The molecule has 0 aromatic heterocycles. The Hall–Kier alpha value is -3.23. The van der Waals surface area contributed by atoms with Gasteiger partial charge in [0.2, 0.25) is 0 Å². The molecular formula is C46H77NO7. The van der Waals surface area contributed by atoms with Gasteiger partial charge in [-0.25, -0.2) is 0 Å². The van der Waals surface area contributed by atoms with Gasteiger partial charge in [-0.1, -0.05) is 145 Å². The maximum atomic E-state index is 12.7. The Balaban J connectivity index is 4.45. The van der Waals surface area contributed by atoms with Gasteiger partial charge in [-0.15, -0.1) is 0 Å². The number of quaternary nitrogens is 1. The molecule has 0 saturated heterocycles. The molecule has 0 heterocycles. The summed E-state index contributed by atoms with van der Waals surface area (Å²) in [6.45, 7) is 4.43. The average molecular weight is 756 g/mol. The molecule has 0 saturated carbocycles.